The van der Waals surface area contributed by atoms with E-state index in [1.54, 1.807) is 48.5 Å². The number of nitrogens with one attached hydrogen (secondary N) is 2. The molecule has 2 amide bonds. The SMILES string of the molecule is Nc1ncnc2c1c(C(=O)c1cccc(NC(=O)Nc3ccc(Cl)cc3)c1)cn2C1CCCC1. The Balaban J connectivity index is 1.42. The Hall–Kier alpha value is -3.91. The molecule has 1 aliphatic rings. The van der Waals surface area contributed by atoms with Gasteiger partial charge in [-0.25, -0.2) is 14.8 Å². The van der Waals surface area contributed by atoms with Crippen LogP contribution >= 0.6 is 11.6 Å². The van der Waals surface area contributed by atoms with E-state index in [1.165, 1.54) is 6.33 Å². The van der Waals surface area contributed by atoms with E-state index in [4.69, 9.17) is 17.3 Å². The summed E-state index contributed by atoms with van der Waals surface area (Å²) in [5.74, 6) is 0.0757. The zero-order chi connectivity index (χ0) is 23.7. The summed E-state index contributed by atoms with van der Waals surface area (Å²) in [7, 11) is 0. The molecule has 4 N–H and O–H groups in total. The highest BCUT2D eigenvalue weighted by Gasteiger charge is 2.25. The molecule has 1 saturated carbocycles. The summed E-state index contributed by atoms with van der Waals surface area (Å²) >= 11 is 5.88. The van der Waals surface area contributed by atoms with Crippen LogP contribution in [0.25, 0.3) is 11.0 Å². The van der Waals surface area contributed by atoms with Gasteiger partial charge in [0.1, 0.15) is 17.8 Å². The molecule has 4 aromatic rings. The lowest BCUT2D eigenvalue weighted by Crippen LogP contribution is -2.19. The molecule has 8 nitrogen and oxygen atoms in total. The van der Waals surface area contributed by atoms with Crippen LogP contribution in [0, 0.1) is 0 Å². The summed E-state index contributed by atoms with van der Waals surface area (Å²) in [5, 5.41) is 6.64. The number of nitrogen functional groups attached to an aromatic ring is 1. The molecule has 0 unspecified atom stereocenters. The summed E-state index contributed by atoms with van der Waals surface area (Å²) in [6.07, 6.45) is 7.68. The van der Waals surface area contributed by atoms with Gasteiger partial charge in [-0.05, 0) is 49.2 Å². The number of nitrogens with zero attached hydrogens (tertiary/aromatic N) is 3. The van der Waals surface area contributed by atoms with Crippen molar-refractivity contribution >= 4 is 51.6 Å². The minimum atomic E-state index is -0.428. The smallest absolute Gasteiger partial charge is 0.323 e. The number of halogens is 1. The summed E-state index contributed by atoms with van der Waals surface area (Å²) in [5.41, 5.74) is 8.83. The monoisotopic (exact) mass is 474 g/mol. The molecule has 0 spiro atoms. The van der Waals surface area contributed by atoms with E-state index in [0.29, 0.717) is 44.6 Å². The predicted molar refractivity (Wildman–Crippen MR) is 133 cm³/mol. The topological polar surface area (TPSA) is 115 Å². The van der Waals surface area contributed by atoms with Crippen LogP contribution in [0.3, 0.4) is 0 Å². The molecule has 2 aromatic carbocycles. The summed E-state index contributed by atoms with van der Waals surface area (Å²) in [6, 6.07) is 13.4. The molecule has 5 rings (SSSR count). The minimum Gasteiger partial charge on any atom is -0.383 e. The largest absolute Gasteiger partial charge is 0.383 e. The number of rotatable bonds is 5. The summed E-state index contributed by atoms with van der Waals surface area (Å²) in [4.78, 5) is 34.5. The lowest BCUT2D eigenvalue weighted by atomic mass is 10.0. The Bertz CT molecular complexity index is 1380. The molecular weight excluding hydrogens is 452 g/mol. The predicted octanol–water partition coefficient (Wildman–Crippen LogP) is 5.66. The highest BCUT2D eigenvalue weighted by molar-refractivity contribution is 6.30. The molecule has 0 radical (unpaired) electrons. The Morgan fingerprint density at radius 3 is 2.50 bits per heavy atom. The lowest BCUT2D eigenvalue weighted by molar-refractivity contribution is 0.104. The third-order valence-corrected chi connectivity index (χ3v) is 6.34. The number of anilines is 3. The summed E-state index contributed by atoms with van der Waals surface area (Å²) in [6.45, 7) is 0. The van der Waals surface area contributed by atoms with E-state index in [9.17, 15) is 9.59 Å². The van der Waals surface area contributed by atoms with Gasteiger partial charge >= 0.3 is 6.03 Å². The van der Waals surface area contributed by atoms with Gasteiger partial charge < -0.3 is 20.9 Å². The van der Waals surface area contributed by atoms with Gasteiger partial charge in [0.05, 0.1) is 10.9 Å². The molecule has 2 heterocycles. The summed E-state index contributed by atoms with van der Waals surface area (Å²) < 4.78 is 2.06. The van der Waals surface area contributed by atoms with E-state index in [1.807, 2.05) is 6.20 Å². The Morgan fingerprint density at radius 1 is 1.00 bits per heavy atom. The Labute approximate surface area is 201 Å². The van der Waals surface area contributed by atoms with Crippen molar-refractivity contribution < 1.29 is 9.59 Å². The van der Waals surface area contributed by atoms with Gasteiger partial charge in [-0.3, -0.25) is 4.79 Å². The number of hydrogen-bond acceptors (Lipinski definition) is 5. The standard InChI is InChI=1S/C25H23ClN6O2/c26-16-8-10-17(11-9-16)30-25(34)31-18-5-3-4-15(12-18)22(33)20-13-32(19-6-1-2-7-19)24-21(20)23(27)28-14-29-24/h3-5,8-14,19H,1-2,6-7H2,(H2,27,28,29)(H2,30,31,34). The van der Waals surface area contributed by atoms with Crippen molar-refractivity contribution in [1.82, 2.24) is 14.5 Å². The molecule has 172 valence electrons. The zero-order valence-electron chi connectivity index (χ0n) is 18.3. The fourth-order valence-electron chi connectivity index (χ4n) is 4.46. The third-order valence-electron chi connectivity index (χ3n) is 6.09. The number of carbonyl (C=O) groups excluding carboxylic acids is 2. The van der Waals surface area contributed by atoms with Crippen molar-refractivity contribution in [2.75, 3.05) is 16.4 Å². The first-order chi connectivity index (χ1) is 16.5. The van der Waals surface area contributed by atoms with Crippen LogP contribution in [0.4, 0.5) is 22.0 Å². The van der Waals surface area contributed by atoms with E-state index in [0.717, 1.165) is 25.7 Å². The minimum absolute atomic E-state index is 0.204. The van der Waals surface area contributed by atoms with Crippen molar-refractivity contribution in [2.45, 2.75) is 31.7 Å². The van der Waals surface area contributed by atoms with Crippen LogP contribution < -0.4 is 16.4 Å². The number of aromatic nitrogens is 3. The zero-order valence-corrected chi connectivity index (χ0v) is 19.0. The molecule has 2 aromatic heterocycles. The molecule has 34 heavy (non-hydrogen) atoms. The van der Waals surface area contributed by atoms with Crippen LogP contribution in [0.2, 0.25) is 5.02 Å². The number of benzene rings is 2. The quantitative estimate of drug-likeness (QED) is 0.323. The van der Waals surface area contributed by atoms with Gasteiger partial charge in [0, 0.05) is 34.2 Å². The molecule has 0 aliphatic heterocycles. The normalized spacial score (nSPS) is 13.8. The van der Waals surface area contributed by atoms with Crippen LogP contribution in [-0.2, 0) is 0 Å². The number of urea groups is 1. The van der Waals surface area contributed by atoms with Gasteiger partial charge in [-0.1, -0.05) is 36.6 Å². The van der Waals surface area contributed by atoms with E-state index < -0.39 is 6.03 Å². The second-order valence-electron chi connectivity index (χ2n) is 8.34. The van der Waals surface area contributed by atoms with E-state index in [-0.39, 0.29) is 11.6 Å². The van der Waals surface area contributed by atoms with Gasteiger partial charge in [0.25, 0.3) is 0 Å². The number of carbonyl (C=O) groups is 2. The van der Waals surface area contributed by atoms with E-state index >= 15 is 0 Å². The van der Waals surface area contributed by atoms with Crippen LogP contribution in [0.5, 0.6) is 0 Å². The Kier molecular flexibility index (Phi) is 5.90. The molecule has 0 atom stereocenters. The first-order valence-corrected chi connectivity index (χ1v) is 11.5. The van der Waals surface area contributed by atoms with Crippen LogP contribution in [-0.4, -0.2) is 26.3 Å². The first kappa shape index (κ1) is 21.9. The fourth-order valence-corrected chi connectivity index (χ4v) is 4.59. The van der Waals surface area contributed by atoms with Crippen molar-refractivity contribution in [3.05, 3.63) is 77.2 Å². The molecule has 9 heteroatoms. The number of ketones is 1. The second kappa shape index (κ2) is 9.15. The highest BCUT2D eigenvalue weighted by Crippen LogP contribution is 2.35. The second-order valence-corrected chi connectivity index (χ2v) is 8.78. The number of nitrogens with two attached hydrogens (primary N) is 1. The highest BCUT2D eigenvalue weighted by atomic mass is 35.5. The van der Waals surface area contributed by atoms with Gasteiger partial charge in [0.15, 0.2) is 5.78 Å². The number of fused-ring (bicyclic) bond motifs is 1. The van der Waals surface area contributed by atoms with Gasteiger partial charge in [-0.15, -0.1) is 0 Å². The molecular formula is C25H23ClN6O2. The maximum atomic E-state index is 13.5. The average Bonchev–Trinajstić information content (AvgIpc) is 3.49. The van der Waals surface area contributed by atoms with Crippen LogP contribution in [0.15, 0.2) is 61.1 Å². The van der Waals surface area contributed by atoms with Crippen molar-refractivity contribution in [1.29, 1.82) is 0 Å². The number of hydrogen-bond donors (Lipinski definition) is 3. The van der Waals surface area contributed by atoms with Crippen molar-refractivity contribution in [2.24, 2.45) is 0 Å². The maximum Gasteiger partial charge on any atom is 0.323 e. The van der Waals surface area contributed by atoms with Crippen LogP contribution in [0.1, 0.15) is 47.6 Å². The average molecular weight is 475 g/mol. The van der Waals surface area contributed by atoms with Gasteiger partial charge in [0.2, 0.25) is 0 Å². The lowest BCUT2D eigenvalue weighted by Gasteiger charge is -2.12. The molecule has 0 bridgehead atoms. The number of amides is 2. The van der Waals surface area contributed by atoms with E-state index in [2.05, 4.69) is 25.2 Å². The maximum absolute atomic E-state index is 13.5. The van der Waals surface area contributed by atoms with Gasteiger partial charge in [-0.2, -0.15) is 0 Å². The van der Waals surface area contributed by atoms with Crippen molar-refractivity contribution in [3.63, 3.8) is 0 Å². The third kappa shape index (κ3) is 4.32. The molecule has 0 saturated heterocycles. The fraction of sp³-hybridized carbons (Fsp3) is 0.200. The molecule has 1 aliphatic carbocycles. The van der Waals surface area contributed by atoms with Crippen molar-refractivity contribution in [3.8, 4) is 0 Å². The first-order valence-electron chi connectivity index (χ1n) is 11.1. The molecule has 1 fully saturated rings. The Morgan fingerprint density at radius 2 is 1.74 bits per heavy atom.